The van der Waals surface area contributed by atoms with E-state index in [0.717, 1.165) is 35.3 Å². The van der Waals surface area contributed by atoms with Gasteiger partial charge in [0.05, 0.1) is 5.92 Å². The van der Waals surface area contributed by atoms with Crippen LogP contribution in [0.25, 0.3) is 5.52 Å². The lowest BCUT2D eigenvalue weighted by molar-refractivity contribution is -0.126. The summed E-state index contributed by atoms with van der Waals surface area (Å²) < 4.78 is 1.81. The van der Waals surface area contributed by atoms with Gasteiger partial charge in [-0.1, -0.05) is 12.0 Å². The molecule has 1 aliphatic heterocycles. The first-order chi connectivity index (χ1) is 14.6. The second kappa shape index (κ2) is 8.53. The van der Waals surface area contributed by atoms with Crippen molar-refractivity contribution in [1.29, 1.82) is 0 Å². The molecule has 0 radical (unpaired) electrons. The van der Waals surface area contributed by atoms with Crippen LogP contribution in [0, 0.1) is 18.3 Å². The van der Waals surface area contributed by atoms with Crippen LogP contribution in [-0.4, -0.2) is 51.6 Å². The van der Waals surface area contributed by atoms with Crippen molar-refractivity contribution in [3.05, 3.63) is 54.0 Å². The molecular weight excluding hydrogens is 378 g/mol. The zero-order valence-electron chi connectivity index (χ0n) is 16.9. The van der Waals surface area contributed by atoms with E-state index in [-0.39, 0.29) is 17.9 Å². The van der Waals surface area contributed by atoms with E-state index >= 15 is 0 Å². The molecule has 2 unspecified atom stereocenters. The molecular formula is C22H25N7O. The molecule has 1 aliphatic rings. The number of nitrogens with two attached hydrogens (primary N) is 1. The highest BCUT2D eigenvalue weighted by atomic mass is 16.1. The molecule has 1 aromatic carbocycles. The molecule has 4 rings (SSSR count). The molecule has 8 nitrogen and oxygen atoms in total. The molecule has 2 atom stereocenters. The summed E-state index contributed by atoms with van der Waals surface area (Å²) in [5, 5.41) is 10.4. The first kappa shape index (κ1) is 19.9. The molecule has 1 saturated heterocycles. The maximum Gasteiger partial charge on any atom is 0.225 e. The topological polar surface area (TPSA) is 101 Å². The molecule has 0 saturated carbocycles. The van der Waals surface area contributed by atoms with Crippen molar-refractivity contribution in [3.8, 4) is 12.3 Å². The highest BCUT2D eigenvalue weighted by Crippen LogP contribution is 2.26. The molecule has 1 fully saturated rings. The van der Waals surface area contributed by atoms with Crippen LogP contribution in [-0.2, 0) is 11.3 Å². The van der Waals surface area contributed by atoms with Crippen molar-refractivity contribution in [2.75, 3.05) is 25.5 Å². The van der Waals surface area contributed by atoms with E-state index in [0.29, 0.717) is 18.9 Å². The minimum absolute atomic E-state index is 0.00646. The van der Waals surface area contributed by atoms with Gasteiger partial charge in [0, 0.05) is 50.2 Å². The molecule has 30 heavy (non-hydrogen) atoms. The molecule has 4 N–H and O–H groups in total. The third-order valence-electron chi connectivity index (χ3n) is 5.56. The summed E-state index contributed by atoms with van der Waals surface area (Å²) in [4.78, 5) is 18.9. The van der Waals surface area contributed by atoms with Gasteiger partial charge >= 0.3 is 0 Å². The summed E-state index contributed by atoms with van der Waals surface area (Å²) in [5.74, 6) is 3.13. The van der Waals surface area contributed by atoms with E-state index in [1.54, 1.807) is 7.05 Å². The fraction of sp³-hybridized carbons (Fsp3) is 0.318. The zero-order valence-corrected chi connectivity index (χ0v) is 16.9. The number of rotatable bonds is 5. The van der Waals surface area contributed by atoms with Crippen LogP contribution in [0.4, 0.5) is 11.5 Å². The van der Waals surface area contributed by atoms with Gasteiger partial charge in [0.1, 0.15) is 11.8 Å². The number of amides is 1. The van der Waals surface area contributed by atoms with E-state index < -0.39 is 0 Å². The normalized spacial score (nSPS) is 19.4. The van der Waals surface area contributed by atoms with Gasteiger partial charge in [-0.2, -0.15) is 5.10 Å². The van der Waals surface area contributed by atoms with Gasteiger partial charge < -0.3 is 16.4 Å². The SMILES string of the molecule is C#Cc1cccc(Nc2ncnn3ccc(CN4CCC(N)C(C(=O)NC)C4)c23)c1. The highest BCUT2D eigenvalue weighted by Gasteiger charge is 2.31. The fourth-order valence-electron chi connectivity index (χ4n) is 3.95. The highest BCUT2D eigenvalue weighted by molar-refractivity contribution is 5.79. The van der Waals surface area contributed by atoms with E-state index in [4.69, 9.17) is 12.2 Å². The zero-order chi connectivity index (χ0) is 21.1. The molecule has 0 bridgehead atoms. The second-order valence-electron chi connectivity index (χ2n) is 7.50. The fourth-order valence-corrected chi connectivity index (χ4v) is 3.95. The van der Waals surface area contributed by atoms with Crippen LogP contribution in [0.2, 0.25) is 0 Å². The molecule has 3 aromatic rings. The number of likely N-dealkylation sites (tertiary alicyclic amines) is 1. The van der Waals surface area contributed by atoms with Crippen molar-refractivity contribution >= 4 is 22.9 Å². The number of piperidine rings is 1. The number of aromatic nitrogens is 3. The number of nitrogens with zero attached hydrogens (tertiary/aromatic N) is 4. The van der Waals surface area contributed by atoms with Crippen LogP contribution in [0.15, 0.2) is 42.9 Å². The Morgan fingerprint density at radius 1 is 1.40 bits per heavy atom. The van der Waals surface area contributed by atoms with Crippen LogP contribution in [0.1, 0.15) is 17.5 Å². The Labute approximate surface area is 175 Å². The minimum Gasteiger partial charge on any atom is -0.359 e. The molecule has 154 valence electrons. The largest absolute Gasteiger partial charge is 0.359 e. The molecule has 2 aromatic heterocycles. The van der Waals surface area contributed by atoms with Crippen molar-refractivity contribution in [2.45, 2.75) is 19.0 Å². The lowest BCUT2D eigenvalue weighted by Gasteiger charge is -2.35. The Morgan fingerprint density at radius 3 is 3.07 bits per heavy atom. The molecule has 0 aliphatic carbocycles. The van der Waals surface area contributed by atoms with Crippen LogP contribution in [0.3, 0.4) is 0 Å². The van der Waals surface area contributed by atoms with Gasteiger partial charge in [-0.15, -0.1) is 6.42 Å². The quantitative estimate of drug-likeness (QED) is 0.556. The van der Waals surface area contributed by atoms with Gasteiger partial charge in [0.25, 0.3) is 0 Å². The third-order valence-corrected chi connectivity index (χ3v) is 5.56. The lowest BCUT2D eigenvalue weighted by Crippen LogP contribution is -2.52. The average molecular weight is 403 g/mol. The van der Waals surface area contributed by atoms with E-state index in [2.05, 4.69) is 31.5 Å². The van der Waals surface area contributed by atoms with Crippen molar-refractivity contribution in [3.63, 3.8) is 0 Å². The maximum absolute atomic E-state index is 12.2. The van der Waals surface area contributed by atoms with Crippen LogP contribution < -0.4 is 16.4 Å². The minimum atomic E-state index is -0.210. The van der Waals surface area contributed by atoms with Crippen LogP contribution >= 0.6 is 0 Å². The number of terminal acetylenes is 1. The standard InChI is InChI=1S/C22H25N7O/c1-3-15-5-4-6-17(11-15)27-21-20-16(7-10-29(20)26-14-25-21)12-28-9-8-19(23)18(13-28)22(30)24-2/h1,4-7,10-11,14,18-19H,8-9,12-13,23H2,2H3,(H,24,30)(H,25,26,27). The first-order valence-corrected chi connectivity index (χ1v) is 9.93. The van der Waals surface area contributed by atoms with Gasteiger partial charge in [0.2, 0.25) is 5.91 Å². The third kappa shape index (κ3) is 3.99. The van der Waals surface area contributed by atoms with Crippen molar-refractivity contribution in [1.82, 2.24) is 24.8 Å². The number of hydrogen-bond acceptors (Lipinski definition) is 6. The summed E-state index contributed by atoms with van der Waals surface area (Å²) in [5.41, 5.74) is 9.82. The van der Waals surface area contributed by atoms with Crippen molar-refractivity contribution < 1.29 is 4.79 Å². The lowest BCUT2D eigenvalue weighted by atomic mass is 9.92. The number of benzene rings is 1. The second-order valence-corrected chi connectivity index (χ2v) is 7.50. The molecule has 8 heteroatoms. The Bertz CT molecular complexity index is 1100. The predicted octanol–water partition coefficient (Wildman–Crippen LogP) is 1.35. The number of nitrogens with one attached hydrogen (secondary N) is 2. The molecule has 3 heterocycles. The summed E-state index contributed by atoms with van der Waals surface area (Å²) >= 11 is 0. The summed E-state index contributed by atoms with van der Waals surface area (Å²) in [6.07, 6.45) is 9.74. The Balaban J connectivity index is 1.59. The molecule has 0 spiro atoms. The van der Waals surface area contributed by atoms with Gasteiger partial charge in [-0.25, -0.2) is 9.50 Å². The average Bonchev–Trinajstić information content (AvgIpc) is 3.18. The van der Waals surface area contributed by atoms with E-state index in [1.807, 2.05) is 41.0 Å². The van der Waals surface area contributed by atoms with Crippen LogP contribution in [0.5, 0.6) is 0 Å². The predicted molar refractivity (Wildman–Crippen MR) is 116 cm³/mol. The number of anilines is 2. The maximum atomic E-state index is 12.2. The van der Waals surface area contributed by atoms with Gasteiger partial charge in [0.15, 0.2) is 5.82 Å². The number of carbonyl (C=O) groups is 1. The smallest absolute Gasteiger partial charge is 0.225 e. The molecule has 1 amide bonds. The Morgan fingerprint density at radius 2 is 2.27 bits per heavy atom. The summed E-state index contributed by atoms with van der Waals surface area (Å²) in [7, 11) is 1.65. The summed E-state index contributed by atoms with van der Waals surface area (Å²) in [6.45, 7) is 2.15. The Hall–Kier alpha value is -3.41. The van der Waals surface area contributed by atoms with Gasteiger partial charge in [-0.3, -0.25) is 9.69 Å². The number of carbonyl (C=O) groups excluding carboxylic acids is 1. The van der Waals surface area contributed by atoms with E-state index in [9.17, 15) is 4.79 Å². The van der Waals surface area contributed by atoms with E-state index in [1.165, 1.54) is 6.33 Å². The summed E-state index contributed by atoms with van der Waals surface area (Å²) in [6, 6.07) is 9.56. The van der Waals surface area contributed by atoms with Crippen molar-refractivity contribution in [2.24, 2.45) is 11.7 Å². The first-order valence-electron chi connectivity index (χ1n) is 9.93. The monoisotopic (exact) mass is 403 g/mol. The number of hydrogen-bond donors (Lipinski definition) is 3. The Kier molecular flexibility index (Phi) is 5.65. The number of fused-ring (bicyclic) bond motifs is 1. The van der Waals surface area contributed by atoms with Gasteiger partial charge in [-0.05, 0) is 36.2 Å².